The van der Waals surface area contributed by atoms with Gasteiger partial charge in [0.1, 0.15) is 5.60 Å². The first-order valence-corrected chi connectivity index (χ1v) is 8.55. The molecular weight excluding hydrogens is 290 g/mol. The SMILES string of the molecule is COC1(C(=O)N2CCN(Cc3ccccc3)CC2)CCNCC1. The number of hydrogen-bond acceptors (Lipinski definition) is 4. The molecule has 3 rings (SSSR count). The number of amides is 1. The van der Waals surface area contributed by atoms with Crippen LogP contribution in [0.25, 0.3) is 0 Å². The molecule has 5 heteroatoms. The van der Waals surface area contributed by atoms with Crippen LogP contribution in [-0.4, -0.2) is 67.7 Å². The molecule has 1 amide bonds. The number of rotatable bonds is 4. The lowest BCUT2D eigenvalue weighted by molar-refractivity contribution is -0.160. The Morgan fingerprint density at radius 1 is 1.13 bits per heavy atom. The molecule has 0 radical (unpaired) electrons. The maximum atomic E-state index is 12.9. The Labute approximate surface area is 138 Å². The highest BCUT2D eigenvalue weighted by Crippen LogP contribution is 2.26. The summed E-state index contributed by atoms with van der Waals surface area (Å²) in [6.07, 6.45) is 1.54. The van der Waals surface area contributed by atoms with Gasteiger partial charge in [-0.15, -0.1) is 0 Å². The molecule has 0 saturated carbocycles. The van der Waals surface area contributed by atoms with E-state index in [-0.39, 0.29) is 5.91 Å². The van der Waals surface area contributed by atoms with Crippen molar-refractivity contribution in [3.63, 3.8) is 0 Å². The molecule has 1 aromatic carbocycles. The van der Waals surface area contributed by atoms with E-state index in [0.29, 0.717) is 0 Å². The number of hydrogen-bond donors (Lipinski definition) is 1. The highest BCUT2D eigenvalue weighted by molar-refractivity contribution is 5.85. The quantitative estimate of drug-likeness (QED) is 0.903. The van der Waals surface area contributed by atoms with E-state index in [1.807, 2.05) is 11.0 Å². The van der Waals surface area contributed by atoms with E-state index in [1.165, 1.54) is 5.56 Å². The van der Waals surface area contributed by atoms with Crippen molar-refractivity contribution in [2.45, 2.75) is 25.0 Å². The molecule has 0 bridgehead atoms. The third-order valence-electron chi connectivity index (χ3n) is 5.10. The highest BCUT2D eigenvalue weighted by atomic mass is 16.5. The van der Waals surface area contributed by atoms with E-state index in [2.05, 4.69) is 34.5 Å². The number of piperidine rings is 1. The van der Waals surface area contributed by atoms with Crippen LogP contribution in [-0.2, 0) is 16.1 Å². The number of ether oxygens (including phenoxy) is 1. The summed E-state index contributed by atoms with van der Waals surface area (Å²) in [5, 5.41) is 3.31. The summed E-state index contributed by atoms with van der Waals surface area (Å²) in [7, 11) is 1.68. The summed E-state index contributed by atoms with van der Waals surface area (Å²) < 4.78 is 5.67. The fraction of sp³-hybridized carbons (Fsp3) is 0.611. The first kappa shape index (κ1) is 16.4. The van der Waals surface area contributed by atoms with Crippen LogP contribution < -0.4 is 5.32 Å². The van der Waals surface area contributed by atoms with Crippen molar-refractivity contribution in [1.82, 2.24) is 15.1 Å². The average molecular weight is 317 g/mol. The summed E-state index contributed by atoms with van der Waals surface area (Å²) in [6.45, 7) is 6.12. The monoisotopic (exact) mass is 317 g/mol. The van der Waals surface area contributed by atoms with Crippen molar-refractivity contribution in [3.05, 3.63) is 35.9 Å². The van der Waals surface area contributed by atoms with Crippen molar-refractivity contribution in [3.8, 4) is 0 Å². The van der Waals surface area contributed by atoms with Crippen LogP contribution in [0.3, 0.4) is 0 Å². The maximum Gasteiger partial charge on any atom is 0.254 e. The van der Waals surface area contributed by atoms with E-state index >= 15 is 0 Å². The van der Waals surface area contributed by atoms with E-state index in [4.69, 9.17) is 4.74 Å². The minimum Gasteiger partial charge on any atom is -0.368 e. The standard InChI is InChI=1S/C18H27N3O2/c1-23-18(7-9-19-10-8-18)17(22)21-13-11-20(12-14-21)15-16-5-3-2-4-6-16/h2-6,19H,7-15H2,1H3. The van der Waals surface area contributed by atoms with Gasteiger partial charge in [-0.2, -0.15) is 0 Å². The molecule has 23 heavy (non-hydrogen) atoms. The van der Waals surface area contributed by atoms with E-state index < -0.39 is 5.60 Å². The van der Waals surface area contributed by atoms with Gasteiger partial charge in [0.05, 0.1) is 0 Å². The van der Waals surface area contributed by atoms with Crippen LogP contribution in [0.5, 0.6) is 0 Å². The van der Waals surface area contributed by atoms with E-state index in [9.17, 15) is 4.79 Å². The Hall–Kier alpha value is -1.43. The largest absolute Gasteiger partial charge is 0.368 e. The van der Waals surface area contributed by atoms with Crippen molar-refractivity contribution in [2.75, 3.05) is 46.4 Å². The number of nitrogens with zero attached hydrogens (tertiary/aromatic N) is 2. The maximum absolute atomic E-state index is 12.9. The predicted molar refractivity (Wildman–Crippen MR) is 90.1 cm³/mol. The molecule has 0 unspecified atom stereocenters. The van der Waals surface area contributed by atoms with Crippen LogP contribution in [0.2, 0.25) is 0 Å². The molecule has 1 N–H and O–H groups in total. The van der Waals surface area contributed by atoms with Gasteiger partial charge in [0.2, 0.25) is 0 Å². The first-order chi connectivity index (χ1) is 11.2. The third-order valence-corrected chi connectivity index (χ3v) is 5.10. The van der Waals surface area contributed by atoms with Crippen molar-refractivity contribution in [1.29, 1.82) is 0 Å². The van der Waals surface area contributed by atoms with Crippen molar-refractivity contribution in [2.24, 2.45) is 0 Å². The molecule has 2 aliphatic rings. The summed E-state index contributed by atoms with van der Waals surface area (Å²) >= 11 is 0. The summed E-state index contributed by atoms with van der Waals surface area (Å²) in [4.78, 5) is 17.3. The van der Waals surface area contributed by atoms with Crippen LogP contribution in [0, 0.1) is 0 Å². The molecule has 2 fully saturated rings. The van der Waals surface area contributed by atoms with Gasteiger partial charge in [0, 0.05) is 39.8 Å². The molecule has 2 heterocycles. The van der Waals surface area contributed by atoms with Gasteiger partial charge in [-0.1, -0.05) is 30.3 Å². The Morgan fingerprint density at radius 2 is 1.78 bits per heavy atom. The number of methoxy groups -OCH3 is 1. The van der Waals surface area contributed by atoms with Gasteiger partial charge in [0.15, 0.2) is 0 Å². The summed E-state index contributed by atoms with van der Waals surface area (Å²) in [6, 6.07) is 10.5. The molecule has 0 aromatic heterocycles. The van der Waals surface area contributed by atoms with Gasteiger partial charge in [-0.3, -0.25) is 9.69 Å². The highest BCUT2D eigenvalue weighted by Gasteiger charge is 2.42. The molecule has 126 valence electrons. The van der Waals surface area contributed by atoms with Crippen LogP contribution in [0.15, 0.2) is 30.3 Å². The minimum absolute atomic E-state index is 0.181. The molecule has 1 aromatic rings. The number of piperazine rings is 1. The third kappa shape index (κ3) is 3.74. The second kappa shape index (κ2) is 7.43. The lowest BCUT2D eigenvalue weighted by Crippen LogP contribution is -2.59. The van der Waals surface area contributed by atoms with Gasteiger partial charge < -0.3 is 15.0 Å². The lowest BCUT2D eigenvalue weighted by atomic mass is 9.90. The van der Waals surface area contributed by atoms with Crippen molar-refractivity contribution < 1.29 is 9.53 Å². The lowest BCUT2D eigenvalue weighted by Gasteiger charge is -2.42. The predicted octanol–water partition coefficient (Wildman–Crippen LogP) is 1.10. The normalized spacial score (nSPS) is 22.0. The molecular formula is C18H27N3O2. The Bertz CT molecular complexity index is 506. The summed E-state index contributed by atoms with van der Waals surface area (Å²) in [5.41, 5.74) is 0.728. The van der Waals surface area contributed by atoms with Gasteiger partial charge in [-0.05, 0) is 31.5 Å². The number of carbonyl (C=O) groups excluding carboxylic acids is 1. The van der Waals surface area contributed by atoms with Crippen LogP contribution in [0.1, 0.15) is 18.4 Å². The van der Waals surface area contributed by atoms with Gasteiger partial charge in [0.25, 0.3) is 5.91 Å². The van der Waals surface area contributed by atoms with Crippen LogP contribution in [0.4, 0.5) is 0 Å². The number of benzene rings is 1. The molecule has 5 nitrogen and oxygen atoms in total. The molecule has 0 atom stereocenters. The number of carbonyl (C=O) groups is 1. The van der Waals surface area contributed by atoms with E-state index in [1.54, 1.807) is 7.11 Å². The Balaban J connectivity index is 1.55. The average Bonchev–Trinajstić information content (AvgIpc) is 2.63. The number of nitrogens with one attached hydrogen (secondary N) is 1. The topological polar surface area (TPSA) is 44.8 Å². The minimum atomic E-state index is -0.604. The summed E-state index contributed by atoms with van der Waals surface area (Å²) in [5.74, 6) is 0.181. The fourth-order valence-electron chi connectivity index (χ4n) is 3.57. The second-order valence-electron chi connectivity index (χ2n) is 6.50. The molecule has 2 aliphatic heterocycles. The first-order valence-electron chi connectivity index (χ1n) is 8.55. The molecule has 0 spiro atoms. The smallest absolute Gasteiger partial charge is 0.254 e. The van der Waals surface area contributed by atoms with Gasteiger partial charge >= 0.3 is 0 Å². The van der Waals surface area contributed by atoms with Crippen molar-refractivity contribution >= 4 is 5.91 Å². The molecule has 2 saturated heterocycles. The second-order valence-corrected chi connectivity index (χ2v) is 6.50. The zero-order valence-electron chi connectivity index (χ0n) is 14.0. The zero-order valence-corrected chi connectivity index (χ0v) is 14.0. The molecule has 0 aliphatic carbocycles. The van der Waals surface area contributed by atoms with Gasteiger partial charge in [-0.25, -0.2) is 0 Å². The van der Waals surface area contributed by atoms with Crippen LogP contribution >= 0.6 is 0 Å². The Morgan fingerprint density at radius 3 is 2.39 bits per heavy atom. The fourth-order valence-corrected chi connectivity index (χ4v) is 3.57. The zero-order chi connectivity index (χ0) is 16.1. The van der Waals surface area contributed by atoms with E-state index in [0.717, 1.165) is 58.7 Å². The Kier molecular flexibility index (Phi) is 5.30.